The largest absolute Gasteiger partial charge is 0.543 e. The molecule has 0 heterocycles. The Morgan fingerprint density at radius 3 is 2.22 bits per heavy atom. The van der Waals surface area contributed by atoms with Crippen LogP contribution in [0.1, 0.15) is 37.5 Å². The van der Waals surface area contributed by atoms with Crippen molar-refractivity contribution in [1.29, 1.82) is 5.26 Å². The Morgan fingerprint density at radius 2 is 1.59 bits per heavy atom. The fourth-order valence-electron chi connectivity index (χ4n) is 2.56. The molecule has 2 rings (SSSR count). The van der Waals surface area contributed by atoms with Gasteiger partial charge in [-0.05, 0) is 73.4 Å². The van der Waals surface area contributed by atoms with Crippen molar-refractivity contribution in [3.05, 3.63) is 65.2 Å². The summed E-state index contributed by atoms with van der Waals surface area (Å²) in [4.78, 5) is 0. The van der Waals surface area contributed by atoms with Crippen molar-refractivity contribution in [3.8, 4) is 11.8 Å². The van der Waals surface area contributed by atoms with Crippen molar-refractivity contribution in [1.82, 2.24) is 5.32 Å². The van der Waals surface area contributed by atoms with Crippen LogP contribution in [0.3, 0.4) is 0 Å². The Hall–Kier alpha value is -2.09. The zero-order chi connectivity index (χ0) is 19.9. The van der Waals surface area contributed by atoms with Gasteiger partial charge in [-0.2, -0.15) is 5.26 Å². The van der Waals surface area contributed by atoms with Crippen LogP contribution in [0, 0.1) is 11.3 Å². The monoisotopic (exact) mass is 380 g/mol. The van der Waals surface area contributed by atoms with Gasteiger partial charge in [-0.15, -0.1) is 0 Å². The molecule has 27 heavy (non-hydrogen) atoms. The predicted molar refractivity (Wildman–Crippen MR) is 116 cm³/mol. The Morgan fingerprint density at radius 1 is 0.963 bits per heavy atom. The summed E-state index contributed by atoms with van der Waals surface area (Å²) in [6.45, 7) is 13.2. The van der Waals surface area contributed by atoms with Crippen LogP contribution in [0.2, 0.25) is 18.1 Å². The second-order valence-corrected chi connectivity index (χ2v) is 13.3. The summed E-state index contributed by atoms with van der Waals surface area (Å²) in [7, 11) is -1.83. The first kappa shape index (κ1) is 21.2. The number of benzene rings is 2. The van der Waals surface area contributed by atoms with Crippen molar-refractivity contribution < 1.29 is 4.43 Å². The van der Waals surface area contributed by atoms with Crippen LogP contribution in [-0.2, 0) is 12.8 Å². The van der Waals surface area contributed by atoms with Gasteiger partial charge in [-0.25, -0.2) is 0 Å². The molecule has 4 heteroatoms. The number of nitriles is 1. The van der Waals surface area contributed by atoms with Gasteiger partial charge >= 0.3 is 0 Å². The zero-order valence-electron chi connectivity index (χ0n) is 17.3. The fraction of sp³-hybridized carbons (Fsp3) is 0.435. The predicted octanol–water partition coefficient (Wildman–Crippen LogP) is 5.32. The van der Waals surface area contributed by atoms with Gasteiger partial charge < -0.3 is 9.74 Å². The molecular weight excluding hydrogens is 348 g/mol. The van der Waals surface area contributed by atoms with Gasteiger partial charge in [0.2, 0.25) is 8.32 Å². The molecule has 0 aliphatic carbocycles. The maximum Gasteiger partial charge on any atom is 0.250 e. The second-order valence-electron chi connectivity index (χ2n) is 8.53. The number of nitrogens with zero attached hydrogens (tertiary/aromatic N) is 1. The van der Waals surface area contributed by atoms with E-state index in [1.807, 2.05) is 24.3 Å². The molecule has 144 valence electrons. The number of hydrogen-bond acceptors (Lipinski definition) is 3. The van der Waals surface area contributed by atoms with Crippen LogP contribution in [0.4, 0.5) is 0 Å². The summed E-state index contributed by atoms with van der Waals surface area (Å²) < 4.78 is 6.53. The van der Waals surface area contributed by atoms with Crippen molar-refractivity contribution in [2.75, 3.05) is 13.1 Å². The Kier molecular flexibility index (Phi) is 7.23. The maximum atomic E-state index is 8.85. The third-order valence-corrected chi connectivity index (χ3v) is 9.73. The van der Waals surface area contributed by atoms with Gasteiger partial charge in [0.15, 0.2) is 0 Å². The second kappa shape index (κ2) is 9.21. The summed E-state index contributed by atoms with van der Waals surface area (Å²) >= 11 is 0. The molecule has 0 spiro atoms. The average molecular weight is 381 g/mol. The topological polar surface area (TPSA) is 45.0 Å². The first-order valence-electron chi connectivity index (χ1n) is 9.69. The van der Waals surface area contributed by atoms with Crippen LogP contribution in [0.15, 0.2) is 48.5 Å². The van der Waals surface area contributed by atoms with Crippen LogP contribution in [-0.4, -0.2) is 21.4 Å². The van der Waals surface area contributed by atoms with E-state index in [0.717, 1.165) is 31.7 Å². The summed E-state index contributed by atoms with van der Waals surface area (Å²) in [6, 6.07) is 18.4. The minimum absolute atomic E-state index is 0.194. The van der Waals surface area contributed by atoms with Gasteiger partial charge in [0.1, 0.15) is 5.75 Å². The lowest BCUT2D eigenvalue weighted by Gasteiger charge is -2.37. The molecule has 0 fully saturated rings. The average Bonchev–Trinajstić information content (AvgIpc) is 2.62. The Balaban J connectivity index is 1.85. The highest BCUT2D eigenvalue weighted by atomic mass is 28.4. The van der Waals surface area contributed by atoms with E-state index in [-0.39, 0.29) is 5.04 Å². The van der Waals surface area contributed by atoms with Crippen LogP contribution in [0.25, 0.3) is 0 Å². The fourth-order valence-corrected chi connectivity index (χ4v) is 3.62. The molecule has 0 radical (unpaired) electrons. The number of para-hydroxylation sites is 1. The standard InChI is InChI=1S/C23H32N2OSi/c1-23(2,3)27(4,5)26-22-9-7-6-8-21(22)15-17-25-16-14-19-10-12-20(18-24)13-11-19/h6-13,25H,14-17H2,1-5H3. The van der Waals surface area contributed by atoms with Crippen molar-refractivity contribution in [2.45, 2.75) is 51.7 Å². The molecule has 0 aliphatic heterocycles. The quantitative estimate of drug-likeness (QED) is 0.498. The van der Waals surface area contributed by atoms with Crippen LogP contribution < -0.4 is 9.74 Å². The lowest BCUT2D eigenvalue weighted by molar-refractivity contribution is 0.486. The lowest BCUT2D eigenvalue weighted by Crippen LogP contribution is -2.44. The number of rotatable bonds is 8. The maximum absolute atomic E-state index is 8.85. The third kappa shape index (κ3) is 6.23. The minimum atomic E-state index is -1.83. The van der Waals surface area contributed by atoms with Gasteiger partial charge in [0.25, 0.3) is 0 Å². The molecule has 0 unspecified atom stereocenters. The van der Waals surface area contributed by atoms with E-state index in [4.69, 9.17) is 9.69 Å². The zero-order valence-corrected chi connectivity index (χ0v) is 18.3. The van der Waals surface area contributed by atoms with E-state index in [2.05, 4.69) is 69.5 Å². The van der Waals surface area contributed by atoms with Gasteiger partial charge in [0.05, 0.1) is 11.6 Å². The number of nitrogens with one attached hydrogen (secondary N) is 1. The van der Waals surface area contributed by atoms with Crippen molar-refractivity contribution >= 4 is 8.32 Å². The molecular formula is C23H32N2OSi. The van der Waals surface area contributed by atoms with Crippen molar-refractivity contribution in [3.63, 3.8) is 0 Å². The first-order chi connectivity index (χ1) is 12.7. The highest BCUT2D eigenvalue weighted by Gasteiger charge is 2.39. The van der Waals surface area contributed by atoms with Crippen LogP contribution in [0.5, 0.6) is 5.75 Å². The van der Waals surface area contributed by atoms with E-state index in [0.29, 0.717) is 5.56 Å². The molecule has 3 nitrogen and oxygen atoms in total. The Bertz CT molecular complexity index is 770. The highest BCUT2D eigenvalue weighted by Crippen LogP contribution is 2.38. The molecule has 2 aromatic rings. The normalized spacial score (nSPS) is 11.9. The SMILES string of the molecule is CC(C)(C)[Si](C)(C)Oc1ccccc1CCNCCc1ccc(C#N)cc1. The van der Waals surface area contributed by atoms with Crippen molar-refractivity contribution in [2.24, 2.45) is 0 Å². The molecule has 2 aromatic carbocycles. The molecule has 0 atom stereocenters. The Labute approximate surface area is 165 Å². The van der Waals surface area contributed by atoms with Gasteiger partial charge in [-0.3, -0.25) is 0 Å². The highest BCUT2D eigenvalue weighted by molar-refractivity contribution is 6.74. The summed E-state index contributed by atoms with van der Waals surface area (Å²) in [5.74, 6) is 1.04. The van der Waals surface area contributed by atoms with Gasteiger partial charge in [-0.1, -0.05) is 51.1 Å². The molecule has 0 saturated heterocycles. The lowest BCUT2D eigenvalue weighted by atomic mass is 10.1. The summed E-state index contributed by atoms with van der Waals surface area (Å²) in [6.07, 6.45) is 1.92. The van der Waals surface area contributed by atoms with E-state index < -0.39 is 8.32 Å². The van der Waals surface area contributed by atoms with Crippen LogP contribution >= 0.6 is 0 Å². The van der Waals surface area contributed by atoms with E-state index in [1.165, 1.54) is 11.1 Å². The molecule has 0 saturated carbocycles. The molecule has 0 bridgehead atoms. The minimum Gasteiger partial charge on any atom is -0.543 e. The molecule has 0 aliphatic rings. The molecule has 1 N–H and O–H groups in total. The summed E-state index contributed by atoms with van der Waals surface area (Å²) in [5, 5.41) is 12.6. The molecule has 0 aromatic heterocycles. The first-order valence-corrected chi connectivity index (χ1v) is 12.6. The molecule has 0 amide bonds. The third-order valence-electron chi connectivity index (χ3n) is 5.39. The van der Waals surface area contributed by atoms with E-state index in [1.54, 1.807) is 0 Å². The smallest absolute Gasteiger partial charge is 0.250 e. The van der Waals surface area contributed by atoms with E-state index >= 15 is 0 Å². The summed E-state index contributed by atoms with van der Waals surface area (Å²) in [5.41, 5.74) is 3.24. The number of hydrogen-bond donors (Lipinski definition) is 1. The van der Waals surface area contributed by atoms with E-state index in [9.17, 15) is 0 Å². The van der Waals surface area contributed by atoms with Gasteiger partial charge in [0, 0.05) is 0 Å².